The average molecular weight is 285 g/mol. The van der Waals surface area contributed by atoms with E-state index in [1.165, 1.54) is 0 Å². The molecular formula is C10H17F2NO4S. The highest BCUT2D eigenvalue weighted by Crippen LogP contribution is 2.38. The molecule has 1 unspecified atom stereocenters. The molecule has 2 atom stereocenters. The van der Waals surface area contributed by atoms with Crippen LogP contribution in [-0.2, 0) is 14.8 Å². The van der Waals surface area contributed by atoms with Crippen molar-refractivity contribution in [1.82, 2.24) is 4.72 Å². The Balaban J connectivity index is 2.67. The number of nitrogens with one attached hydrogen (secondary N) is 1. The summed E-state index contributed by atoms with van der Waals surface area (Å²) in [6.45, 7) is 1.15. The first-order valence-corrected chi connectivity index (χ1v) is 7.40. The second-order valence-electron chi connectivity index (χ2n) is 4.66. The van der Waals surface area contributed by atoms with Gasteiger partial charge in [-0.15, -0.1) is 0 Å². The van der Waals surface area contributed by atoms with Crippen LogP contribution in [-0.4, -0.2) is 37.2 Å². The number of sulfonamides is 1. The van der Waals surface area contributed by atoms with E-state index in [4.69, 9.17) is 5.11 Å². The number of aliphatic carboxylic acids is 1. The summed E-state index contributed by atoms with van der Waals surface area (Å²) in [6, 6.07) is -1.31. The van der Waals surface area contributed by atoms with Gasteiger partial charge in [0.1, 0.15) is 6.04 Å². The van der Waals surface area contributed by atoms with E-state index in [1.54, 1.807) is 0 Å². The lowest BCUT2D eigenvalue weighted by Gasteiger charge is -2.31. The lowest BCUT2D eigenvalue weighted by atomic mass is 9.87. The Morgan fingerprint density at radius 1 is 1.50 bits per heavy atom. The summed E-state index contributed by atoms with van der Waals surface area (Å²) in [4.78, 5) is 10.5. The third-order valence-electron chi connectivity index (χ3n) is 3.06. The van der Waals surface area contributed by atoms with Gasteiger partial charge in [0.15, 0.2) is 0 Å². The molecule has 2 N–H and O–H groups in total. The lowest BCUT2D eigenvalue weighted by molar-refractivity contribution is -0.138. The van der Waals surface area contributed by atoms with Crippen LogP contribution >= 0.6 is 0 Å². The Labute approximate surface area is 105 Å². The zero-order chi connectivity index (χ0) is 14.0. The van der Waals surface area contributed by atoms with Gasteiger partial charge in [0.2, 0.25) is 10.0 Å². The van der Waals surface area contributed by atoms with Crippen molar-refractivity contribution in [1.29, 1.82) is 0 Å². The van der Waals surface area contributed by atoms with Crippen LogP contribution in [0.1, 0.15) is 32.6 Å². The minimum atomic E-state index is -4.01. The highest BCUT2D eigenvalue weighted by Gasteiger charge is 2.43. The fourth-order valence-corrected chi connectivity index (χ4v) is 3.68. The van der Waals surface area contributed by atoms with Crippen LogP contribution in [0.25, 0.3) is 0 Å². The summed E-state index contributed by atoms with van der Waals surface area (Å²) in [7, 11) is -4.01. The Morgan fingerprint density at radius 2 is 2.11 bits per heavy atom. The summed E-state index contributed by atoms with van der Waals surface area (Å²) in [5.41, 5.74) is 0. The highest BCUT2D eigenvalue weighted by molar-refractivity contribution is 7.89. The smallest absolute Gasteiger partial charge is 0.321 e. The molecule has 0 spiro atoms. The van der Waals surface area contributed by atoms with Gasteiger partial charge < -0.3 is 5.11 Å². The largest absolute Gasteiger partial charge is 0.480 e. The van der Waals surface area contributed by atoms with Gasteiger partial charge in [0.05, 0.1) is 5.75 Å². The van der Waals surface area contributed by atoms with Gasteiger partial charge >= 0.3 is 5.97 Å². The van der Waals surface area contributed by atoms with E-state index in [0.29, 0.717) is 12.8 Å². The van der Waals surface area contributed by atoms with Gasteiger partial charge in [-0.05, 0) is 19.8 Å². The molecule has 0 aromatic rings. The van der Waals surface area contributed by atoms with Gasteiger partial charge in [-0.25, -0.2) is 21.9 Å². The van der Waals surface area contributed by atoms with E-state index in [-0.39, 0.29) is 12.8 Å². The maximum Gasteiger partial charge on any atom is 0.321 e. The average Bonchev–Trinajstić information content (AvgIpc) is 2.20. The first-order chi connectivity index (χ1) is 8.14. The first-order valence-electron chi connectivity index (χ1n) is 5.75. The second-order valence-corrected chi connectivity index (χ2v) is 6.46. The molecule has 5 nitrogen and oxygen atoms in total. The molecule has 1 rings (SSSR count). The zero-order valence-electron chi connectivity index (χ0n) is 10.0. The highest BCUT2D eigenvalue weighted by atomic mass is 32.2. The quantitative estimate of drug-likeness (QED) is 0.795. The summed E-state index contributed by atoms with van der Waals surface area (Å²) in [6.07, 6.45) is 0.809. The van der Waals surface area contributed by atoms with Crippen LogP contribution in [0.5, 0.6) is 0 Å². The first kappa shape index (κ1) is 15.3. The van der Waals surface area contributed by atoms with Gasteiger partial charge in [0, 0.05) is 12.3 Å². The molecule has 1 aliphatic rings. The van der Waals surface area contributed by atoms with Crippen LogP contribution in [0, 0.1) is 5.92 Å². The van der Waals surface area contributed by atoms with Crippen molar-refractivity contribution in [2.24, 2.45) is 5.92 Å². The van der Waals surface area contributed by atoms with Gasteiger partial charge in [-0.2, -0.15) is 0 Å². The summed E-state index contributed by atoms with van der Waals surface area (Å²) in [5.74, 6) is -6.28. The van der Waals surface area contributed by atoms with Crippen molar-refractivity contribution in [2.45, 2.75) is 44.6 Å². The molecule has 0 aromatic heterocycles. The second kappa shape index (κ2) is 5.48. The monoisotopic (exact) mass is 285 g/mol. The van der Waals surface area contributed by atoms with E-state index in [2.05, 4.69) is 0 Å². The maximum atomic E-state index is 13.5. The van der Waals surface area contributed by atoms with Gasteiger partial charge in [0.25, 0.3) is 5.92 Å². The number of alkyl halides is 2. The number of carboxylic acid groups (broad SMARTS) is 1. The topological polar surface area (TPSA) is 83.5 Å². The number of carbonyl (C=O) groups is 1. The third kappa shape index (κ3) is 4.16. The van der Waals surface area contributed by atoms with Crippen molar-refractivity contribution in [3.05, 3.63) is 0 Å². The van der Waals surface area contributed by atoms with E-state index in [0.717, 1.165) is 6.92 Å². The Kier molecular flexibility index (Phi) is 4.66. The lowest BCUT2D eigenvalue weighted by Crippen LogP contribution is -2.44. The predicted octanol–water partition coefficient (Wildman–Crippen LogP) is 1.20. The number of halogens is 2. The van der Waals surface area contributed by atoms with Crippen molar-refractivity contribution in [3.8, 4) is 0 Å². The minimum Gasteiger partial charge on any atom is -0.480 e. The number of carboxylic acids is 1. The van der Waals surface area contributed by atoms with Crippen LogP contribution in [0.4, 0.5) is 8.78 Å². The molecule has 1 saturated carbocycles. The van der Waals surface area contributed by atoms with Crippen LogP contribution in [0.15, 0.2) is 0 Å². The third-order valence-corrected chi connectivity index (χ3v) is 4.61. The summed E-state index contributed by atoms with van der Waals surface area (Å²) < 4.78 is 52.0. The normalized spacial score (nSPS) is 25.6. The van der Waals surface area contributed by atoms with Crippen LogP contribution < -0.4 is 4.72 Å². The zero-order valence-corrected chi connectivity index (χ0v) is 10.8. The number of hydrogen-bond donors (Lipinski definition) is 2. The van der Waals surface area contributed by atoms with E-state index >= 15 is 0 Å². The molecule has 0 bridgehead atoms. The van der Waals surface area contributed by atoms with E-state index in [9.17, 15) is 22.0 Å². The standard InChI is InChI=1S/C10H17F2NO4S/c1-7(9(14)15)13-18(16,17)6-8-4-2-3-5-10(8,11)12/h7-8,13H,2-6H2,1H3,(H,14,15)/t7-,8?/m1/s1. The summed E-state index contributed by atoms with van der Waals surface area (Å²) in [5, 5.41) is 8.58. The molecule has 0 aliphatic heterocycles. The molecule has 8 heteroatoms. The van der Waals surface area contributed by atoms with Crippen molar-refractivity contribution < 1.29 is 27.1 Å². The summed E-state index contributed by atoms with van der Waals surface area (Å²) >= 11 is 0. The molecule has 18 heavy (non-hydrogen) atoms. The van der Waals surface area contributed by atoms with E-state index < -0.39 is 39.6 Å². The molecule has 0 heterocycles. The fraction of sp³-hybridized carbons (Fsp3) is 0.900. The molecule has 0 amide bonds. The van der Waals surface area contributed by atoms with E-state index in [1.807, 2.05) is 4.72 Å². The Morgan fingerprint density at radius 3 is 2.61 bits per heavy atom. The van der Waals surface area contributed by atoms with Gasteiger partial charge in [-0.1, -0.05) is 6.42 Å². The molecule has 0 aromatic carbocycles. The molecule has 1 aliphatic carbocycles. The van der Waals surface area contributed by atoms with Gasteiger partial charge in [-0.3, -0.25) is 4.79 Å². The maximum absolute atomic E-state index is 13.5. The SMILES string of the molecule is C[C@@H](NS(=O)(=O)CC1CCCCC1(F)F)C(=O)O. The molecule has 1 fully saturated rings. The Hall–Kier alpha value is -0.760. The number of rotatable bonds is 5. The van der Waals surface area contributed by atoms with Crippen LogP contribution in [0.3, 0.4) is 0 Å². The number of hydrogen-bond acceptors (Lipinski definition) is 3. The molecular weight excluding hydrogens is 268 g/mol. The molecule has 0 saturated heterocycles. The van der Waals surface area contributed by atoms with Crippen molar-refractivity contribution in [3.63, 3.8) is 0 Å². The minimum absolute atomic E-state index is 0.148. The molecule has 0 radical (unpaired) electrons. The van der Waals surface area contributed by atoms with Crippen molar-refractivity contribution >= 4 is 16.0 Å². The predicted molar refractivity (Wildman–Crippen MR) is 60.9 cm³/mol. The molecule has 106 valence electrons. The Bertz CT molecular complexity index is 410. The van der Waals surface area contributed by atoms with Crippen molar-refractivity contribution in [2.75, 3.05) is 5.75 Å². The fourth-order valence-electron chi connectivity index (χ4n) is 2.00. The van der Waals surface area contributed by atoms with Crippen LogP contribution in [0.2, 0.25) is 0 Å².